The van der Waals surface area contributed by atoms with Crippen molar-refractivity contribution in [2.45, 2.75) is 32.7 Å². The number of sulfone groups is 1. The van der Waals surface area contributed by atoms with Crippen LogP contribution in [0.4, 0.5) is 5.69 Å². The molecule has 0 saturated carbocycles. The minimum absolute atomic E-state index is 0.0215. The lowest BCUT2D eigenvalue weighted by Gasteiger charge is -2.13. The number of anilines is 1. The Morgan fingerprint density at radius 2 is 1.86 bits per heavy atom. The molecule has 4 aromatic rings. The third kappa shape index (κ3) is 4.58. The van der Waals surface area contributed by atoms with Crippen molar-refractivity contribution in [3.8, 4) is 17.0 Å². The largest absolute Gasteiger partial charge is 0.497 e. The van der Waals surface area contributed by atoms with Gasteiger partial charge in [0.15, 0.2) is 15.5 Å². The Morgan fingerprint density at radius 3 is 2.47 bits per heavy atom. The number of benzene rings is 2. The average molecular weight is 505 g/mol. The molecule has 1 unspecified atom stereocenters. The molecule has 1 saturated heterocycles. The number of ether oxygens (including phenoxy) is 1. The SMILES string of the molecule is CCc1ccc(-c2cc(C(=O)Nc3ccc(OC)cc3)c3c(C)nn(C4CCS(=O)(=O)C4)c3n2)cc1. The molecule has 1 aliphatic rings. The van der Waals surface area contributed by atoms with Crippen molar-refractivity contribution in [1.29, 1.82) is 0 Å². The van der Waals surface area contributed by atoms with Crippen LogP contribution in [0.1, 0.15) is 41.0 Å². The predicted octanol–water partition coefficient (Wildman–Crippen LogP) is 4.59. The van der Waals surface area contributed by atoms with Crippen LogP contribution in [0.25, 0.3) is 22.3 Å². The van der Waals surface area contributed by atoms with E-state index in [9.17, 15) is 13.2 Å². The standard InChI is InChI=1S/C27H28N4O4S/c1-4-18-5-7-19(8-6-18)24-15-23(27(32)28-20-9-11-22(35-3)12-10-20)25-17(2)30-31(26(25)29-24)21-13-14-36(33,34)16-21/h5-12,15,21H,4,13-14,16H2,1-3H3,(H,28,32). The second-order valence-electron chi connectivity index (χ2n) is 9.07. The smallest absolute Gasteiger partial charge is 0.256 e. The topological polar surface area (TPSA) is 103 Å². The number of nitrogens with zero attached hydrogens (tertiary/aromatic N) is 3. The molecular formula is C27H28N4O4S. The Bertz CT molecular complexity index is 1540. The van der Waals surface area contributed by atoms with Gasteiger partial charge in [0.1, 0.15) is 5.75 Å². The molecule has 0 aliphatic carbocycles. The normalized spacial score (nSPS) is 16.8. The van der Waals surface area contributed by atoms with E-state index in [4.69, 9.17) is 9.72 Å². The molecule has 186 valence electrons. The molecule has 1 N–H and O–H groups in total. The van der Waals surface area contributed by atoms with E-state index >= 15 is 0 Å². The first-order valence-corrected chi connectivity index (χ1v) is 13.7. The van der Waals surface area contributed by atoms with Gasteiger partial charge in [-0.15, -0.1) is 0 Å². The summed E-state index contributed by atoms with van der Waals surface area (Å²) in [5.74, 6) is 0.552. The van der Waals surface area contributed by atoms with E-state index in [1.54, 1.807) is 42.1 Å². The Kier molecular flexibility index (Phi) is 6.26. The molecule has 0 bridgehead atoms. The van der Waals surface area contributed by atoms with E-state index in [-0.39, 0.29) is 23.5 Å². The van der Waals surface area contributed by atoms with Crippen LogP contribution < -0.4 is 10.1 Å². The molecule has 3 heterocycles. The predicted molar refractivity (Wildman–Crippen MR) is 140 cm³/mol. The van der Waals surface area contributed by atoms with Crippen LogP contribution in [0, 0.1) is 6.92 Å². The van der Waals surface area contributed by atoms with Gasteiger partial charge in [-0.25, -0.2) is 18.1 Å². The van der Waals surface area contributed by atoms with E-state index in [1.807, 2.05) is 31.2 Å². The number of methoxy groups -OCH3 is 1. The summed E-state index contributed by atoms with van der Waals surface area (Å²) >= 11 is 0. The van der Waals surface area contributed by atoms with E-state index in [1.165, 1.54) is 5.56 Å². The number of carbonyl (C=O) groups is 1. The lowest BCUT2D eigenvalue weighted by molar-refractivity contribution is 0.102. The highest BCUT2D eigenvalue weighted by Crippen LogP contribution is 2.32. The third-order valence-corrected chi connectivity index (χ3v) is 8.39. The van der Waals surface area contributed by atoms with E-state index in [0.29, 0.717) is 45.8 Å². The van der Waals surface area contributed by atoms with Crippen LogP contribution in [0.3, 0.4) is 0 Å². The third-order valence-electron chi connectivity index (χ3n) is 6.64. The monoisotopic (exact) mass is 504 g/mol. The quantitative estimate of drug-likeness (QED) is 0.412. The van der Waals surface area contributed by atoms with Gasteiger partial charge >= 0.3 is 0 Å². The number of hydrogen-bond acceptors (Lipinski definition) is 6. The first kappa shape index (κ1) is 24.0. The van der Waals surface area contributed by atoms with Gasteiger partial charge in [0.25, 0.3) is 5.91 Å². The van der Waals surface area contributed by atoms with Crippen LogP contribution in [-0.4, -0.2) is 47.7 Å². The molecule has 1 fully saturated rings. The summed E-state index contributed by atoms with van der Waals surface area (Å²) < 4.78 is 31.3. The summed E-state index contributed by atoms with van der Waals surface area (Å²) in [4.78, 5) is 18.4. The molecule has 1 amide bonds. The fourth-order valence-electron chi connectivity index (χ4n) is 4.65. The first-order valence-electron chi connectivity index (χ1n) is 11.9. The number of nitrogens with one attached hydrogen (secondary N) is 1. The zero-order valence-electron chi connectivity index (χ0n) is 20.5. The van der Waals surface area contributed by atoms with E-state index < -0.39 is 9.84 Å². The van der Waals surface area contributed by atoms with Gasteiger partial charge in [0, 0.05) is 11.3 Å². The number of aromatic nitrogens is 3. The van der Waals surface area contributed by atoms with Gasteiger partial charge in [0.05, 0.1) is 47.0 Å². The first-order chi connectivity index (χ1) is 17.3. The highest BCUT2D eigenvalue weighted by molar-refractivity contribution is 7.91. The molecule has 2 aromatic heterocycles. The Morgan fingerprint density at radius 1 is 1.14 bits per heavy atom. The summed E-state index contributed by atoms with van der Waals surface area (Å²) in [6.45, 7) is 3.92. The number of aryl methyl sites for hydroxylation is 2. The zero-order chi connectivity index (χ0) is 25.4. The Labute approximate surface area is 210 Å². The summed E-state index contributed by atoms with van der Waals surface area (Å²) in [5, 5.41) is 8.25. The molecule has 9 heteroatoms. The molecule has 2 aromatic carbocycles. The van der Waals surface area contributed by atoms with Gasteiger partial charge in [0.2, 0.25) is 0 Å². The van der Waals surface area contributed by atoms with Crippen LogP contribution in [-0.2, 0) is 16.3 Å². The van der Waals surface area contributed by atoms with Gasteiger partial charge in [-0.3, -0.25) is 4.79 Å². The Balaban J connectivity index is 1.64. The molecule has 36 heavy (non-hydrogen) atoms. The van der Waals surface area contributed by atoms with E-state index in [0.717, 1.165) is 12.0 Å². The number of rotatable bonds is 6. The average Bonchev–Trinajstić information content (AvgIpc) is 3.42. The highest BCUT2D eigenvalue weighted by atomic mass is 32.2. The molecule has 0 radical (unpaired) electrons. The molecular weight excluding hydrogens is 476 g/mol. The van der Waals surface area contributed by atoms with Crippen molar-refractivity contribution in [2.75, 3.05) is 23.9 Å². The summed E-state index contributed by atoms with van der Waals surface area (Å²) in [5.41, 5.74) is 4.93. The maximum absolute atomic E-state index is 13.5. The fourth-order valence-corrected chi connectivity index (χ4v) is 6.34. The van der Waals surface area contributed by atoms with E-state index in [2.05, 4.69) is 17.3 Å². The second kappa shape index (κ2) is 9.39. The zero-order valence-corrected chi connectivity index (χ0v) is 21.3. The molecule has 5 rings (SSSR count). The van der Waals surface area contributed by atoms with Crippen molar-refractivity contribution in [1.82, 2.24) is 14.8 Å². The number of fused-ring (bicyclic) bond motifs is 1. The fraction of sp³-hybridized carbons (Fsp3) is 0.296. The van der Waals surface area contributed by atoms with Gasteiger partial charge in [-0.2, -0.15) is 5.10 Å². The summed E-state index contributed by atoms with van der Waals surface area (Å²) in [6, 6.07) is 16.7. The van der Waals surface area contributed by atoms with Crippen LogP contribution >= 0.6 is 0 Å². The van der Waals surface area contributed by atoms with Gasteiger partial charge in [-0.05, 0) is 55.7 Å². The molecule has 8 nitrogen and oxygen atoms in total. The summed E-state index contributed by atoms with van der Waals surface area (Å²) in [7, 11) is -1.53. The molecule has 1 atom stereocenters. The minimum Gasteiger partial charge on any atom is -0.497 e. The van der Waals surface area contributed by atoms with Crippen LogP contribution in [0.15, 0.2) is 54.6 Å². The molecule has 0 spiro atoms. The lowest BCUT2D eigenvalue weighted by Crippen LogP contribution is -2.15. The van der Waals surface area contributed by atoms with Crippen molar-refractivity contribution in [3.05, 3.63) is 71.4 Å². The summed E-state index contributed by atoms with van der Waals surface area (Å²) in [6.07, 6.45) is 1.40. The Hall–Kier alpha value is -3.72. The van der Waals surface area contributed by atoms with Crippen LogP contribution in [0.2, 0.25) is 0 Å². The van der Waals surface area contributed by atoms with Crippen molar-refractivity contribution in [3.63, 3.8) is 0 Å². The van der Waals surface area contributed by atoms with Crippen molar-refractivity contribution < 1.29 is 17.9 Å². The van der Waals surface area contributed by atoms with Crippen molar-refractivity contribution >= 4 is 32.5 Å². The second-order valence-corrected chi connectivity index (χ2v) is 11.3. The van der Waals surface area contributed by atoms with Crippen LogP contribution in [0.5, 0.6) is 5.75 Å². The number of carbonyl (C=O) groups excluding carboxylic acids is 1. The number of hydrogen-bond donors (Lipinski definition) is 1. The maximum Gasteiger partial charge on any atom is 0.256 e. The van der Waals surface area contributed by atoms with Crippen molar-refractivity contribution in [2.24, 2.45) is 0 Å². The lowest BCUT2D eigenvalue weighted by atomic mass is 10.0. The molecule has 1 aliphatic heterocycles. The number of amides is 1. The minimum atomic E-state index is -3.12. The van der Waals surface area contributed by atoms with Gasteiger partial charge in [-0.1, -0.05) is 31.2 Å². The number of pyridine rings is 1. The van der Waals surface area contributed by atoms with Gasteiger partial charge < -0.3 is 10.1 Å². The maximum atomic E-state index is 13.5. The highest BCUT2D eigenvalue weighted by Gasteiger charge is 2.32.